The van der Waals surface area contributed by atoms with Gasteiger partial charge in [0.25, 0.3) is 0 Å². The van der Waals surface area contributed by atoms with Crippen molar-refractivity contribution in [2.45, 2.75) is 12.3 Å². The number of para-hydroxylation sites is 1. The van der Waals surface area contributed by atoms with Gasteiger partial charge in [-0.05, 0) is 115 Å². The van der Waals surface area contributed by atoms with Crippen molar-refractivity contribution >= 4 is 43.4 Å². The van der Waals surface area contributed by atoms with Crippen molar-refractivity contribution in [1.29, 1.82) is 0 Å². The predicted molar refractivity (Wildman–Crippen MR) is 243 cm³/mol. The number of aromatic nitrogens is 3. The summed E-state index contributed by atoms with van der Waals surface area (Å²) in [5.74, 6) is 0. The molecule has 0 saturated carbocycles. The summed E-state index contributed by atoms with van der Waals surface area (Å²) < 4.78 is 2.45. The molecule has 2 aliphatic carbocycles. The third-order valence-corrected chi connectivity index (χ3v) is 13.2. The minimum absolute atomic E-state index is 0.633. The molecule has 0 amide bonds. The minimum Gasteiger partial charge on any atom is -0.309 e. The van der Waals surface area contributed by atoms with Crippen LogP contribution in [0.5, 0.6) is 0 Å². The Balaban J connectivity index is 1.15. The minimum atomic E-state index is -0.633. The van der Waals surface area contributed by atoms with Gasteiger partial charge in [0.1, 0.15) is 6.33 Å². The SMILES string of the molecule is Cc1ccc(-n2c3ccccc3c3cc4c(cc32)C2(c3ccccc3-4)c3cc(-c4c5ccccc5c(-c5ccccc5)c5ccccc45)ccc3-c3ncncc32)cc1. The zero-order chi connectivity index (χ0) is 38.8. The summed E-state index contributed by atoms with van der Waals surface area (Å²) in [5.41, 5.74) is 18.7. The number of fused-ring (bicyclic) bond motifs is 15. The molecule has 11 aromatic rings. The molecule has 1 atom stereocenters. The summed E-state index contributed by atoms with van der Waals surface area (Å²) in [6.07, 6.45) is 3.78. The van der Waals surface area contributed by atoms with Crippen molar-refractivity contribution in [2.75, 3.05) is 0 Å². The fraction of sp³-hybridized carbons (Fsp3) is 0.0357. The fourth-order valence-electron chi connectivity index (χ4n) is 10.8. The van der Waals surface area contributed by atoms with Gasteiger partial charge in [-0.15, -0.1) is 0 Å². The van der Waals surface area contributed by atoms with Crippen LogP contribution in [0.25, 0.3) is 93.7 Å². The number of benzene rings is 9. The molecule has 0 N–H and O–H groups in total. The van der Waals surface area contributed by atoms with Crippen LogP contribution in [0.1, 0.15) is 27.8 Å². The highest BCUT2D eigenvalue weighted by Gasteiger charge is 2.53. The second kappa shape index (κ2) is 12.0. The molecule has 0 fully saturated rings. The Hall–Kier alpha value is -7.62. The van der Waals surface area contributed by atoms with Gasteiger partial charge in [-0.25, -0.2) is 9.97 Å². The largest absolute Gasteiger partial charge is 0.309 e. The zero-order valence-corrected chi connectivity index (χ0v) is 32.3. The van der Waals surface area contributed by atoms with Crippen molar-refractivity contribution in [3.8, 4) is 50.3 Å². The normalized spacial score (nSPS) is 14.9. The van der Waals surface area contributed by atoms with E-state index in [-0.39, 0.29) is 0 Å². The average molecular weight is 750 g/mol. The molecule has 2 aromatic heterocycles. The van der Waals surface area contributed by atoms with Gasteiger partial charge in [-0.1, -0.05) is 151 Å². The summed E-state index contributed by atoms with van der Waals surface area (Å²) >= 11 is 0. The van der Waals surface area contributed by atoms with E-state index in [0.717, 1.165) is 22.5 Å². The van der Waals surface area contributed by atoms with Crippen LogP contribution >= 0.6 is 0 Å². The quantitative estimate of drug-likeness (QED) is 0.168. The standard InChI is InChI=1S/C56H35N3/c1-34-23-26-37(27-24-34)59-51-22-12-10-16-39(51)46-30-45-38-15-9-11-21-47(38)56(49(45)31-52(46)59)48-29-36(25-28-44(48)55-50(56)32-57-33-58-55)54-42-19-7-5-17-40(42)53(35-13-3-2-4-14-35)41-18-6-8-20-43(41)54/h2-33H,1H3. The number of aryl methyl sites for hydroxylation is 1. The molecule has 3 nitrogen and oxygen atoms in total. The number of hydrogen-bond donors (Lipinski definition) is 0. The first-order valence-electron chi connectivity index (χ1n) is 20.4. The van der Waals surface area contributed by atoms with E-state index in [9.17, 15) is 0 Å². The summed E-state index contributed by atoms with van der Waals surface area (Å²) in [6.45, 7) is 2.15. The predicted octanol–water partition coefficient (Wildman–Crippen LogP) is 13.9. The second-order valence-corrected chi connectivity index (χ2v) is 16.2. The highest BCUT2D eigenvalue weighted by Crippen LogP contribution is 2.63. The van der Waals surface area contributed by atoms with Crippen LogP contribution in [0.15, 0.2) is 195 Å². The number of nitrogens with zero attached hydrogens (tertiary/aromatic N) is 3. The molecule has 59 heavy (non-hydrogen) atoms. The van der Waals surface area contributed by atoms with Crippen LogP contribution in [0, 0.1) is 6.92 Å². The summed E-state index contributed by atoms with van der Waals surface area (Å²) in [4.78, 5) is 9.83. The average Bonchev–Trinajstić information content (AvgIpc) is 3.89. The first kappa shape index (κ1) is 32.5. The lowest BCUT2D eigenvalue weighted by molar-refractivity contribution is 0.785. The van der Waals surface area contributed by atoms with Gasteiger partial charge in [0.05, 0.1) is 22.1 Å². The van der Waals surface area contributed by atoms with E-state index in [4.69, 9.17) is 9.97 Å². The first-order valence-corrected chi connectivity index (χ1v) is 20.4. The van der Waals surface area contributed by atoms with E-state index < -0.39 is 5.41 Å². The molecular formula is C56H35N3. The van der Waals surface area contributed by atoms with Crippen LogP contribution in [-0.2, 0) is 5.41 Å². The lowest BCUT2D eigenvalue weighted by Gasteiger charge is -2.30. The smallest absolute Gasteiger partial charge is 0.116 e. The van der Waals surface area contributed by atoms with Crippen LogP contribution in [0.3, 0.4) is 0 Å². The topological polar surface area (TPSA) is 30.7 Å². The fourth-order valence-corrected chi connectivity index (χ4v) is 10.8. The van der Waals surface area contributed by atoms with Gasteiger partial charge in [0.2, 0.25) is 0 Å². The first-order chi connectivity index (χ1) is 29.2. The Bertz CT molecular complexity index is 3500. The van der Waals surface area contributed by atoms with Gasteiger partial charge in [-0.3, -0.25) is 0 Å². The molecular weight excluding hydrogens is 715 g/mol. The summed E-state index contributed by atoms with van der Waals surface area (Å²) in [7, 11) is 0. The van der Waals surface area contributed by atoms with Gasteiger partial charge < -0.3 is 4.57 Å². The second-order valence-electron chi connectivity index (χ2n) is 16.2. The van der Waals surface area contributed by atoms with E-state index >= 15 is 0 Å². The Morgan fingerprint density at radius 3 is 1.80 bits per heavy atom. The summed E-state index contributed by atoms with van der Waals surface area (Å²) in [6, 6.07) is 67.5. The monoisotopic (exact) mass is 749 g/mol. The van der Waals surface area contributed by atoms with E-state index in [1.54, 1.807) is 6.33 Å². The van der Waals surface area contributed by atoms with Crippen molar-refractivity contribution in [3.63, 3.8) is 0 Å². The van der Waals surface area contributed by atoms with Gasteiger partial charge in [0.15, 0.2) is 0 Å². The van der Waals surface area contributed by atoms with Crippen molar-refractivity contribution < 1.29 is 0 Å². The van der Waals surface area contributed by atoms with Crippen LogP contribution < -0.4 is 0 Å². The maximum absolute atomic E-state index is 5.07. The van der Waals surface area contributed by atoms with E-state index in [1.807, 2.05) is 0 Å². The van der Waals surface area contributed by atoms with Crippen molar-refractivity contribution in [2.24, 2.45) is 0 Å². The summed E-state index contributed by atoms with van der Waals surface area (Å²) in [5, 5.41) is 7.48. The van der Waals surface area contributed by atoms with Crippen LogP contribution in [-0.4, -0.2) is 14.5 Å². The molecule has 3 heteroatoms. The molecule has 1 unspecified atom stereocenters. The zero-order valence-electron chi connectivity index (χ0n) is 32.3. The van der Waals surface area contributed by atoms with Crippen LogP contribution in [0.2, 0.25) is 0 Å². The molecule has 13 rings (SSSR count). The maximum atomic E-state index is 5.07. The lowest BCUT2D eigenvalue weighted by Crippen LogP contribution is -2.26. The van der Waals surface area contributed by atoms with E-state index in [1.165, 1.54) is 99.0 Å². The Labute approximate surface area is 341 Å². The van der Waals surface area contributed by atoms with E-state index in [2.05, 4.69) is 200 Å². The highest BCUT2D eigenvalue weighted by molar-refractivity contribution is 6.21. The molecule has 0 radical (unpaired) electrons. The Kier molecular flexibility index (Phi) is 6.58. The van der Waals surface area contributed by atoms with Gasteiger partial charge >= 0.3 is 0 Å². The molecule has 274 valence electrons. The third kappa shape index (κ3) is 4.26. The lowest BCUT2D eigenvalue weighted by atomic mass is 9.70. The van der Waals surface area contributed by atoms with Crippen molar-refractivity contribution in [3.05, 3.63) is 222 Å². The molecule has 9 aromatic carbocycles. The highest BCUT2D eigenvalue weighted by atomic mass is 15.0. The number of rotatable bonds is 3. The molecule has 0 bridgehead atoms. The Morgan fingerprint density at radius 2 is 1.05 bits per heavy atom. The Morgan fingerprint density at radius 1 is 0.424 bits per heavy atom. The maximum Gasteiger partial charge on any atom is 0.116 e. The third-order valence-electron chi connectivity index (χ3n) is 13.2. The molecule has 0 saturated heterocycles. The van der Waals surface area contributed by atoms with Crippen molar-refractivity contribution in [1.82, 2.24) is 14.5 Å². The number of hydrogen-bond acceptors (Lipinski definition) is 2. The molecule has 2 heterocycles. The molecule has 0 aliphatic heterocycles. The van der Waals surface area contributed by atoms with E-state index in [0.29, 0.717) is 0 Å². The molecule has 1 spiro atoms. The van der Waals surface area contributed by atoms with Gasteiger partial charge in [-0.2, -0.15) is 0 Å². The van der Waals surface area contributed by atoms with Gasteiger partial charge in [0, 0.05) is 33.8 Å². The van der Waals surface area contributed by atoms with Crippen LogP contribution in [0.4, 0.5) is 0 Å². The molecule has 2 aliphatic rings.